The Labute approximate surface area is 125 Å². The number of aliphatic hydroxyl groups is 1. The fraction of sp³-hybridized carbons (Fsp3) is 0.333. The summed E-state index contributed by atoms with van der Waals surface area (Å²) in [7, 11) is 0. The summed E-state index contributed by atoms with van der Waals surface area (Å²) in [6.45, 7) is 2.44. The molecule has 2 aromatic carbocycles. The van der Waals surface area contributed by atoms with Gasteiger partial charge in [-0.2, -0.15) is 0 Å². The first-order valence-corrected chi connectivity index (χ1v) is 7.36. The van der Waals surface area contributed by atoms with Crippen LogP contribution in [-0.4, -0.2) is 17.7 Å². The third kappa shape index (κ3) is 4.96. The zero-order valence-electron chi connectivity index (χ0n) is 12.3. The Balaban J connectivity index is 1.76. The van der Waals surface area contributed by atoms with E-state index >= 15 is 0 Å². The quantitative estimate of drug-likeness (QED) is 0.817. The minimum absolute atomic E-state index is 0.270. The summed E-state index contributed by atoms with van der Waals surface area (Å²) in [6.07, 6.45) is 1.16. The van der Waals surface area contributed by atoms with Gasteiger partial charge in [0, 0.05) is 18.2 Å². The maximum absolute atomic E-state index is 13.5. The van der Waals surface area contributed by atoms with Crippen LogP contribution in [0.1, 0.15) is 30.6 Å². The van der Waals surface area contributed by atoms with E-state index in [-0.39, 0.29) is 11.9 Å². The molecule has 0 aliphatic carbocycles. The fourth-order valence-electron chi connectivity index (χ4n) is 2.30. The van der Waals surface area contributed by atoms with E-state index in [4.69, 9.17) is 0 Å². The topological polar surface area (TPSA) is 32.3 Å². The lowest BCUT2D eigenvalue weighted by Crippen LogP contribution is -2.31. The number of aliphatic hydroxyl groups excluding tert-OH is 1. The van der Waals surface area contributed by atoms with Gasteiger partial charge in [0.25, 0.3) is 0 Å². The average Bonchev–Trinajstić information content (AvgIpc) is 2.52. The van der Waals surface area contributed by atoms with E-state index in [1.54, 1.807) is 18.2 Å². The highest BCUT2D eigenvalue weighted by Crippen LogP contribution is 2.16. The molecule has 2 nitrogen and oxygen atoms in total. The van der Waals surface area contributed by atoms with E-state index in [0.29, 0.717) is 12.1 Å². The highest BCUT2D eigenvalue weighted by Gasteiger charge is 2.13. The second-order valence-electron chi connectivity index (χ2n) is 5.37. The van der Waals surface area contributed by atoms with Crippen LogP contribution in [0.3, 0.4) is 0 Å². The van der Waals surface area contributed by atoms with Gasteiger partial charge in [-0.15, -0.1) is 0 Å². The SMILES string of the molecule is CC(CCc1ccccc1)NCC(O)c1ccccc1F. The van der Waals surface area contributed by atoms with Crippen LogP contribution in [0.15, 0.2) is 54.6 Å². The summed E-state index contributed by atoms with van der Waals surface area (Å²) in [5.41, 5.74) is 1.65. The molecule has 0 amide bonds. The molecule has 0 heterocycles. The minimum Gasteiger partial charge on any atom is -0.387 e. The largest absolute Gasteiger partial charge is 0.387 e. The van der Waals surface area contributed by atoms with Gasteiger partial charge in [0.1, 0.15) is 5.82 Å². The molecule has 2 unspecified atom stereocenters. The van der Waals surface area contributed by atoms with Crippen molar-refractivity contribution >= 4 is 0 Å². The zero-order valence-corrected chi connectivity index (χ0v) is 12.3. The number of hydrogen-bond acceptors (Lipinski definition) is 2. The molecule has 2 rings (SSSR count). The molecule has 21 heavy (non-hydrogen) atoms. The van der Waals surface area contributed by atoms with Crippen molar-refractivity contribution in [2.75, 3.05) is 6.54 Å². The van der Waals surface area contributed by atoms with Gasteiger partial charge in [-0.1, -0.05) is 48.5 Å². The number of rotatable bonds is 7. The average molecular weight is 287 g/mol. The molecule has 0 radical (unpaired) electrons. The van der Waals surface area contributed by atoms with Crippen LogP contribution in [-0.2, 0) is 6.42 Å². The van der Waals surface area contributed by atoms with Crippen LogP contribution in [0.2, 0.25) is 0 Å². The second-order valence-corrected chi connectivity index (χ2v) is 5.37. The lowest BCUT2D eigenvalue weighted by Gasteiger charge is -2.18. The third-order valence-corrected chi connectivity index (χ3v) is 3.63. The fourth-order valence-corrected chi connectivity index (χ4v) is 2.30. The Kier molecular flexibility index (Phi) is 5.90. The van der Waals surface area contributed by atoms with Gasteiger partial charge in [-0.25, -0.2) is 4.39 Å². The van der Waals surface area contributed by atoms with Gasteiger partial charge in [0.15, 0.2) is 0 Å². The smallest absolute Gasteiger partial charge is 0.129 e. The Bertz CT molecular complexity index is 544. The van der Waals surface area contributed by atoms with Crippen LogP contribution in [0.5, 0.6) is 0 Å². The van der Waals surface area contributed by atoms with Crippen molar-refractivity contribution in [1.82, 2.24) is 5.32 Å². The molecule has 112 valence electrons. The standard InChI is InChI=1S/C18H22FNO/c1-14(11-12-15-7-3-2-4-8-15)20-13-18(21)16-9-5-6-10-17(16)19/h2-10,14,18,20-21H,11-13H2,1H3. The molecule has 0 aliphatic rings. The van der Waals surface area contributed by atoms with E-state index in [1.165, 1.54) is 11.6 Å². The number of hydrogen-bond donors (Lipinski definition) is 2. The summed E-state index contributed by atoms with van der Waals surface area (Å²) >= 11 is 0. The molecule has 0 saturated heterocycles. The number of aryl methyl sites for hydroxylation is 1. The van der Waals surface area contributed by atoms with Gasteiger partial charge in [-0.05, 0) is 31.4 Å². The normalized spacial score (nSPS) is 13.9. The molecule has 0 aliphatic heterocycles. The summed E-state index contributed by atoms with van der Waals surface area (Å²) in [5, 5.41) is 13.3. The van der Waals surface area contributed by atoms with Gasteiger partial charge >= 0.3 is 0 Å². The molecule has 3 heteroatoms. The van der Waals surface area contributed by atoms with Gasteiger partial charge in [0.05, 0.1) is 6.10 Å². The first kappa shape index (κ1) is 15.7. The monoisotopic (exact) mass is 287 g/mol. The van der Waals surface area contributed by atoms with E-state index < -0.39 is 6.10 Å². The van der Waals surface area contributed by atoms with Gasteiger partial charge in [-0.3, -0.25) is 0 Å². The number of halogens is 1. The Morgan fingerprint density at radius 1 is 1.05 bits per heavy atom. The molecule has 0 spiro atoms. The van der Waals surface area contributed by atoms with E-state index in [2.05, 4.69) is 24.4 Å². The van der Waals surface area contributed by atoms with E-state index in [0.717, 1.165) is 12.8 Å². The van der Waals surface area contributed by atoms with Crippen molar-refractivity contribution in [2.24, 2.45) is 0 Å². The second kappa shape index (κ2) is 7.91. The predicted octanol–water partition coefficient (Wildman–Crippen LogP) is 3.47. The lowest BCUT2D eigenvalue weighted by atomic mass is 10.1. The number of benzene rings is 2. The van der Waals surface area contributed by atoms with E-state index in [1.807, 2.05) is 18.2 Å². The molecule has 0 bridgehead atoms. The highest BCUT2D eigenvalue weighted by molar-refractivity contribution is 5.20. The van der Waals surface area contributed by atoms with Crippen LogP contribution >= 0.6 is 0 Å². The maximum atomic E-state index is 13.5. The highest BCUT2D eigenvalue weighted by atomic mass is 19.1. The number of nitrogens with one attached hydrogen (secondary N) is 1. The van der Waals surface area contributed by atoms with Crippen LogP contribution < -0.4 is 5.32 Å². The summed E-state index contributed by atoms with van der Waals surface area (Å²) < 4.78 is 13.5. The van der Waals surface area contributed by atoms with Crippen LogP contribution in [0.4, 0.5) is 4.39 Å². The molecule has 0 aromatic heterocycles. The van der Waals surface area contributed by atoms with Crippen LogP contribution in [0, 0.1) is 5.82 Å². The van der Waals surface area contributed by atoms with Crippen molar-refractivity contribution in [1.29, 1.82) is 0 Å². The molecular formula is C18H22FNO. The first-order chi connectivity index (χ1) is 10.2. The molecule has 2 atom stereocenters. The molecule has 2 aromatic rings. The first-order valence-electron chi connectivity index (χ1n) is 7.36. The molecule has 0 fully saturated rings. The molecule has 2 N–H and O–H groups in total. The van der Waals surface area contributed by atoms with Crippen molar-refractivity contribution in [3.8, 4) is 0 Å². The van der Waals surface area contributed by atoms with Gasteiger partial charge in [0.2, 0.25) is 0 Å². The minimum atomic E-state index is -0.814. The van der Waals surface area contributed by atoms with Crippen molar-refractivity contribution in [3.05, 3.63) is 71.5 Å². The Hall–Kier alpha value is -1.71. The van der Waals surface area contributed by atoms with Crippen molar-refractivity contribution in [3.63, 3.8) is 0 Å². The Morgan fingerprint density at radius 2 is 1.71 bits per heavy atom. The van der Waals surface area contributed by atoms with E-state index in [9.17, 15) is 9.50 Å². The Morgan fingerprint density at radius 3 is 2.43 bits per heavy atom. The maximum Gasteiger partial charge on any atom is 0.129 e. The van der Waals surface area contributed by atoms with Crippen LogP contribution in [0.25, 0.3) is 0 Å². The predicted molar refractivity (Wildman–Crippen MR) is 83.6 cm³/mol. The molecular weight excluding hydrogens is 265 g/mol. The van der Waals surface area contributed by atoms with Crippen molar-refractivity contribution < 1.29 is 9.50 Å². The molecule has 0 saturated carbocycles. The summed E-state index contributed by atoms with van der Waals surface area (Å²) in [4.78, 5) is 0. The van der Waals surface area contributed by atoms with Crippen molar-refractivity contribution in [2.45, 2.75) is 31.9 Å². The lowest BCUT2D eigenvalue weighted by molar-refractivity contribution is 0.165. The van der Waals surface area contributed by atoms with Gasteiger partial charge < -0.3 is 10.4 Å². The summed E-state index contributed by atoms with van der Waals surface area (Å²) in [6, 6.07) is 16.9. The summed E-state index contributed by atoms with van der Waals surface area (Å²) in [5.74, 6) is -0.358. The third-order valence-electron chi connectivity index (χ3n) is 3.63. The zero-order chi connectivity index (χ0) is 15.1.